The lowest BCUT2D eigenvalue weighted by Crippen LogP contribution is -2.36. The van der Waals surface area contributed by atoms with Crippen molar-refractivity contribution < 1.29 is 23.0 Å². The molecule has 0 saturated carbocycles. The third-order valence-electron chi connectivity index (χ3n) is 3.29. The van der Waals surface area contributed by atoms with E-state index in [0.717, 1.165) is 4.90 Å². The van der Waals surface area contributed by atoms with Crippen molar-refractivity contribution in [3.05, 3.63) is 16.4 Å². The minimum Gasteiger partial charge on any atom is -0.444 e. The standard InChI is InChI=1S/C14H20BrF2N3O3/c1-13(2,3)23-12(21)20-6-10(14(16,17)8-20)22-7-9-5-18-19(4)11(9)15/h5,10H,6-8H2,1-4H3. The van der Waals surface area contributed by atoms with E-state index >= 15 is 0 Å². The first-order valence-electron chi connectivity index (χ1n) is 7.13. The minimum absolute atomic E-state index is 0.0170. The van der Waals surface area contributed by atoms with Crippen LogP contribution in [0.5, 0.6) is 0 Å². The number of hydrogen-bond donors (Lipinski definition) is 0. The second-order valence-corrected chi connectivity index (χ2v) is 7.26. The second-order valence-electron chi connectivity index (χ2n) is 6.51. The molecule has 2 heterocycles. The van der Waals surface area contributed by atoms with Crippen LogP contribution in [0.15, 0.2) is 10.8 Å². The zero-order chi connectivity index (χ0) is 17.4. The molecular weight excluding hydrogens is 376 g/mol. The zero-order valence-corrected chi connectivity index (χ0v) is 15.1. The lowest BCUT2D eigenvalue weighted by molar-refractivity contribution is -0.111. The van der Waals surface area contributed by atoms with Crippen molar-refractivity contribution in [3.63, 3.8) is 0 Å². The molecule has 23 heavy (non-hydrogen) atoms. The van der Waals surface area contributed by atoms with Crippen LogP contribution < -0.4 is 0 Å². The summed E-state index contributed by atoms with van der Waals surface area (Å²) in [5, 5.41) is 4.00. The fraction of sp³-hybridized carbons (Fsp3) is 0.714. The monoisotopic (exact) mass is 395 g/mol. The Morgan fingerprint density at radius 1 is 1.52 bits per heavy atom. The smallest absolute Gasteiger partial charge is 0.410 e. The highest BCUT2D eigenvalue weighted by Gasteiger charge is 2.51. The number of aromatic nitrogens is 2. The van der Waals surface area contributed by atoms with Crippen LogP contribution in [0.2, 0.25) is 0 Å². The molecule has 1 saturated heterocycles. The van der Waals surface area contributed by atoms with Crippen molar-refractivity contribution in [2.45, 2.75) is 45.0 Å². The van der Waals surface area contributed by atoms with Gasteiger partial charge in [-0.3, -0.25) is 9.58 Å². The molecule has 1 unspecified atom stereocenters. The molecule has 0 bridgehead atoms. The topological polar surface area (TPSA) is 56.6 Å². The number of carbonyl (C=O) groups is 1. The molecule has 1 atom stereocenters. The normalized spacial score (nSPS) is 20.8. The number of likely N-dealkylation sites (tertiary alicyclic amines) is 1. The highest BCUT2D eigenvalue weighted by Crippen LogP contribution is 2.32. The summed E-state index contributed by atoms with van der Waals surface area (Å²) in [4.78, 5) is 12.9. The summed E-state index contributed by atoms with van der Waals surface area (Å²) >= 11 is 3.30. The first-order valence-corrected chi connectivity index (χ1v) is 7.92. The van der Waals surface area contributed by atoms with Crippen molar-refractivity contribution in [2.24, 2.45) is 7.05 Å². The maximum absolute atomic E-state index is 14.1. The van der Waals surface area contributed by atoms with Gasteiger partial charge in [0.05, 0.1) is 25.9 Å². The summed E-state index contributed by atoms with van der Waals surface area (Å²) in [7, 11) is 1.72. The van der Waals surface area contributed by atoms with Gasteiger partial charge in [0.25, 0.3) is 5.92 Å². The molecular formula is C14H20BrF2N3O3. The van der Waals surface area contributed by atoms with Crippen LogP contribution in [0.4, 0.5) is 13.6 Å². The fourth-order valence-electron chi connectivity index (χ4n) is 2.15. The van der Waals surface area contributed by atoms with Gasteiger partial charge in [-0.05, 0) is 36.7 Å². The van der Waals surface area contributed by atoms with Gasteiger partial charge < -0.3 is 9.47 Å². The van der Waals surface area contributed by atoms with E-state index in [2.05, 4.69) is 21.0 Å². The van der Waals surface area contributed by atoms with E-state index in [9.17, 15) is 13.6 Å². The van der Waals surface area contributed by atoms with E-state index < -0.39 is 30.3 Å². The predicted molar refractivity (Wildman–Crippen MR) is 82.2 cm³/mol. The number of rotatable bonds is 3. The Kier molecular flexibility index (Phi) is 5.00. The molecule has 0 aliphatic carbocycles. The van der Waals surface area contributed by atoms with Crippen LogP contribution in [-0.2, 0) is 23.1 Å². The van der Waals surface area contributed by atoms with Gasteiger partial charge in [0.2, 0.25) is 0 Å². The predicted octanol–water partition coefficient (Wildman–Crippen LogP) is 2.95. The van der Waals surface area contributed by atoms with Gasteiger partial charge in [-0.15, -0.1) is 0 Å². The molecule has 1 aromatic rings. The molecule has 1 aromatic heterocycles. The average molecular weight is 396 g/mol. The number of hydrogen-bond acceptors (Lipinski definition) is 4. The second kappa shape index (κ2) is 6.35. The number of amides is 1. The van der Waals surface area contributed by atoms with Gasteiger partial charge >= 0.3 is 6.09 Å². The summed E-state index contributed by atoms with van der Waals surface area (Å²) in [6.45, 7) is 4.13. The molecule has 9 heteroatoms. The average Bonchev–Trinajstić information content (AvgIpc) is 2.87. The Morgan fingerprint density at radius 3 is 2.70 bits per heavy atom. The summed E-state index contributed by atoms with van der Waals surface area (Å²) in [5.41, 5.74) is -0.0645. The first-order chi connectivity index (χ1) is 10.5. The van der Waals surface area contributed by atoms with Crippen molar-refractivity contribution in [3.8, 4) is 0 Å². The maximum atomic E-state index is 14.1. The van der Waals surface area contributed by atoms with Crippen molar-refractivity contribution in [2.75, 3.05) is 13.1 Å². The van der Waals surface area contributed by atoms with Crippen LogP contribution in [0.1, 0.15) is 26.3 Å². The Bertz CT molecular complexity index is 586. The number of halogens is 3. The largest absolute Gasteiger partial charge is 0.444 e. The molecule has 0 radical (unpaired) electrons. The molecule has 1 amide bonds. The highest BCUT2D eigenvalue weighted by molar-refractivity contribution is 9.10. The van der Waals surface area contributed by atoms with Gasteiger partial charge in [-0.1, -0.05) is 0 Å². The Morgan fingerprint density at radius 2 is 2.17 bits per heavy atom. The Balaban J connectivity index is 1.97. The number of carbonyl (C=O) groups excluding carboxylic acids is 1. The fourth-order valence-corrected chi connectivity index (χ4v) is 2.46. The maximum Gasteiger partial charge on any atom is 0.410 e. The summed E-state index contributed by atoms with van der Waals surface area (Å²) in [6.07, 6.45) is -0.587. The van der Waals surface area contributed by atoms with Gasteiger partial charge in [0.15, 0.2) is 0 Å². The van der Waals surface area contributed by atoms with Crippen LogP contribution in [0.25, 0.3) is 0 Å². The third kappa shape index (κ3) is 4.41. The first kappa shape index (κ1) is 18.1. The summed E-state index contributed by atoms with van der Waals surface area (Å²) < 4.78 is 40.8. The van der Waals surface area contributed by atoms with Gasteiger partial charge in [0.1, 0.15) is 16.3 Å². The SMILES string of the molecule is Cn1ncc(COC2CN(C(=O)OC(C)(C)C)CC2(F)F)c1Br. The number of ether oxygens (including phenoxy) is 2. The molecule has 1 aliphatic heterocycles. The van der Waals surface area contributed by atoms with Gasteiger partial charge in [0, 0.05) is 12.6 Å². The van der Waals surface area contributed by atoms with E-state index in [-0.39, 0.29) is 13.2 Å². The van der Waals surface area contributed by atoms with Crippen LogP contribution in [0.3, 0.4) is 0 Å². The molecule has 0 spiro atoms. The highest BCUT2D eigenvalue weighted by atomic mass is 79.9. The number of alkyl halides is 2. The van der Waals surface area contributed by atoms with Crippen LogP contribution in [0, 0.1) is 0 Å². The lowest BCUT2D eigenvalue weighted by Gasteiger charge is -2.24. The van der Waals surface area contributed by atoms with Crippen molar-refractivity contribution in [1.82, 2.24) is 14.7 Å². The lowest BCUT2D eigenvalue weighted by atomic mass is 10.2. The molecule has 2 rings (SSSR count). The van der Waals surface area contributed by atoms with E-state index in [0.29, 0.717) is 10.2 Å². The van der Waals surface area contributed by atoms with Gasteiger partial charge in [-0.2, -0.15) is 5.10 Å². The summed E-state index contributed by atoms with van der Waals surface area (Å²) in [6, 6.07) is 0. The van der Waals surface area contributed by atoms with Crippen LogP contribution >= 0.6 is 15.9 Å². The molecule has 0 N–H and O–H groups in total. The quantitative estimate of drug-likeness (QED) is 0.789. The van der Waals surface area contributed by atoms with Crippen molar-refractivity contribution >= 4 is 22.0 Å². The molecule has 0 aromatic carbocycles. The Labute approximate surface area is 141 Å². The zero-order valence-electron chi connectivity index (χ0n) is 13.5. The van der Waals surface area contributed by atoms with Crippen molar-refractivity contribution in [1.29, 1.82) is 0 Å². The van der Waals surface area contributed by atoms with Crippen LogP contribution in [-0.4, -0.2) is 51.5 Å². The molecule has 6 nitrogen and oxygen atoms in total. The number of aryl methyl sites for hydroxylation is 1. The minimum atomic E-state index is -3.12. The third-order valence-corrected chi connectivity index (χ3v) is 4.31. The van der Waals surface area contributed by atoms with Gasteiger partial charge in [-0.25, -0.2) is 13.6 Å². The van der Waals surface area contributed by atoms with E-state index in [1.54, 1.807) is 38.7 Å². The Hall–Kier alpha value is -1.22. The van der Waals surface area contributed by atoms with E-state index in [1.165, 1.54) is 0 Å². The summed E-state index contributed by atoms with van der Waals surface area (Å²) in [5.74, 6) is -3.12. The molecule has 1 aliphatic rings. The van der Waals surface area contributed by atoms with E-state index in [4.69, 9.17) is 9.47 Å². The van der Waals surface area contributed by atoms with E-state index in [1.807, 2.05) is 0 Å². The number of nitrogens with zero attached hydrogens (tertiary/aromatic N) is 3. The molecule has 1 fully saturated rings. The molecule has 130 valence electrons.